The number of imide groups is 1. The maximum Gasteiger partial charge on any atom is 0.338 e. The third-order valence-electron chi connectivity index (χ3n) is 3.47. The molecule has 0 saturated carbocycles. The molecule has 0 aliphatic carbocycles. The molecule has 0 spiro atoms. The van der Waals surface area contributed by atoms with Crippen LogP contribution in [-0.2, 0) is 14.3 Å². The number of urea groups is 1. The summed E-state index contributed by atoms with van der Waals surface area (Å²) in [6, 6.07) is 5.73. The van der Waals surface area contributed by atoms with Crippen LogP contribution in [0.1, 0.15) is 32.4 Å². The Balaban J connectivity index is 2.61. The van der Waals surface area contributed by atoms with Crippen molar-refractivity contribution in [3.8, 4) is 0 Å². The zero-order chi connectivity index (χ0) is 17.1. The van der Waals surface area contributed by atoms with Gasteiger partial charge in [0.05, 0.1) is 12.2 Å². The van der Waals surface area contributed by atoms with Crippen LogP contribution in [0.2, 0.25) is 0 Å². The number of carbonyl (C=O) groups is 3. The minimum atomic E-state index is -0.812. The van der Waals surface area contributed by atoms with Gasteiger partial charge in [-0.1, -0.05) is 28.1 Å². The number of halogens is 1. The summed E-state index contributed by atoms with van der Waals surface area (Å²) < 4.78 is 5.95. The van der Waals surface area contributed by atoms with Crippen molar-refractivity contribution in [2.24, 2.45) is 0 Å². The van der Waals surface area contributed by atoms with Gasteiger partial charge in [0.1, 0.15) is 6.04 Å². The molecule has 0 radical (unpaired) electrons. The van der Waals surface area contributed by atoms with Crippen LogP contribution < -0.4 is 5.32 Å². The van der Waals surface area contributed by atoms with Crippen molar-refractivity contribution in [3.63, 3.8) is 0 Å². The van der Waals surface area contributed by atoms with E-state index in [1.807, 2.05) is 0 Å². The van der Waals surface area contributed by atoms with Gasteiger partial charge in [-0.3, -0.25) is 9.69 Å². The number of hydrogen-bond donors (Lipinski definition) is 1. The maximum absolute atomic E-state index is 12.4. The average molecular weight is 381 g/mol. The summed E-state index contributed by atoms with van der Waals surface area (Å²) >= 11 is 3.34. The third kappa shape index (κ3) is 3.44. The molecule has 0 saturated heterocycles. The molecule has 1 aliphatic rings. The molecule has 23 heavy (non-hydrogen) atoms. The van der Waals surface area contributed by atoms with Crippen molar-refractivity contribution in [2.75, 3.05) is 6.61 Å². The van der Waals surface area contributed by atoms with E-state index in [-0.39, 0.29) is 12.2 Å². The molecule has 1 aliphatic heterocycles. The highest BCUT2D eigenvalue weighted by Crippen LogP contribution is 2.34. The zero-order valence-corrected chi connectivity index (χ0v) is 14.6. The first-order valence-corrected chi connectivity index (χ1v) is 7.90. The van der Waals surface area contributed by atoms with Crippen molar-refractivity contribution in [3.05, 3.63) is 45.6 Å². The number of amides is 3. The van der Waals surface area contributed by atoms with Crippen molar-refractivity contribution >= 4 is 33.8 Å². The molecule has 2 rings (SSSR count). The van der Waals surface area contributed by atoms with Crippen LogP contribution in [0.4, 0.5) is 4.79 Å². The molecule has 1 atom stereocenters. The van der Waals surface area contributed by atoms with E-state index in [0.29, 0.717) is 11.3 Å². The SMILES string of the molecule is CCOC(=O)C1=C(C)NC(=O)N(C(C)=O)[C@@H]1c1ccc(Br)cc1. The van der Waals surface area contributed by atoms with Crippen molar-refractivity contribution in [1.29, 1.82) is 0 Å². The fourth-order valence-electron chi connectivity index (χ4n) is 2.50. The molecule has 6 nitrogen and oxygen atoms in total. The van der Waals surface area contributed by atoms with Gasteiger partial charge >= 0.3 is 12.0 Å². The number of rotatable bonds is 3. The largest absolute Gasteiger partial charge is 0.463 e. The highest BCUT2D eigenvalue weighted by atomic mass is 79.9. The molecular formula is C16H17BrN2O4. The van der Waals surface area contributed by atoms with Gasteiger partial charge in [-0.15, -0.1) is 0 Å². The van der Waals surface area contributed by atoms with Gasteiger partial charge in [0.2, 0.25) is 5.91 Å². The number of nitrogens with zero attached hydrogens (tertiary/aromatic N) is 1. The number of allylic oxidation sites excluding steroid dienone is 1. The lowest BCUT2D eigenvalue weighted by Crippen LogP contribution is -2.50. The van der Waals surface area contributed by atoms with Crippen LogP contribution in [0.3, 0.4) is 0 Å². The Morgan fingerprint density at radius 3 is 2.43 bits per heavy atom. The molecule has 1 heterocycles. The van der Waals surface area contributed by atoms with Crippen molar-refractivity contribution in [2.45, 2.75) is 26.8 Å². The van der Waals surface area contributed by atoms with E-state index in [0.717, 1.165) is 9.37 Å². The molecule has 1 aromatic carbocycles. The molecular weight excluding hydrogens is 364 g/mol. The molecule has 0 unspecified atom stereocenters. The summed E-state index contributed by atoms with van der Waals surface area (Å²) in [5, 5.41) is 2.55. The Labute approximate surface area is 142 Å². The molecule has 0 fully saturated rings. The summed E-state index contributed by atoms with van der Waals surface area (Å²) in [5.74, 6) is -1.01. The summed E-state index contributed by atoms with van der Waals surface area (Å²) in [4.78, 5) is 37.6. The Hall–Kier alpha value is -2.15. The van der Waals surface area contributed by atoms with Crippen molar-refractivity contribution in [1.82, 2.24) is 10.2 Å². The summed E-state index contributed by atoms with van der Waals surface area (Å²) in [5.41, 5.74) is 1.29. The van der Waals surface area contributed by atoms with Gasteiger partial charge in [0, 0.05) is 17.1 Å². The third-order valence-corrected chi connectivity index (χ3v) is 4.00. The molecule has 1 aromatic rings. The maximum atomic E-state index is 12.4. The topological polar surface area (TPSA) is 75.7 Å². The second kappa shape index (κ2) is 6.95. The van der Waals surface area contributed by atoms with Gasteiger partial charge < -0.3 is 10.1 Å². The Morgan fingerprint density at radius 1 is 1.30 bits per heavy atom. The van der Waals surface area contributed by atoms with Crippen LogP contribution >= 0.6 is 15.9 Å². The predicted octanol–water partition coefficient (Wildman–Crippen LogP) is 2.90. The van der Waals surface area contributed by atoms with E-state index < -0.39 is 23.9 Å². The molecule has 7 heteroatoms. The van der Waals surface area contributed by atoms with Crippen LogP contribution in [0, 0.1) is 0 Å². The fraction of sp³-hybridized carbons (Fsp3) is 0.312. The standard InChI is InChI=1S/C16H17BrN2O4/c1-4-23-15(21)13-9(2)18-16(22)19(10(3)20)14(13)11-5-7-12(17)8-6-11/h5-8,14H,4H2,1-3H3,(H,18,22)/t14-/m1/s1. The fourth-order valence-corrected chi connectivity index (χ4v) is 2.76. The molecule has 122 valence electrons. The lowest BCUT2D eigenvalue weighted by Gasteiger charge is -2.35. The lowest BCUT2D eigenvalue weighted by atomic mass is 9.94. The number of nitrogens with one attached hydrogen (secondary N) is 1. The first kappa shape index (κ1) is 17.2. The van der Waals surface area contributed by atoms with Crippen molar-refractivity contribution < 1.29 is 19.1 Å². The number of esters is 1. The zero-order valence-electron chi connectivity index (χ0n) is 13.1. The molecule has 0 bridgehead atoms. The van der Waals surface area contributed by atoms with E-state index in [1.54, 1.807) is 38.1 Å². The molecule has 3 amide bonds. The van der Waals surface area contributed by atoms with E-state index in [2.05, 4.69) is 21.2 Å². The summed E-state index contributed by atoms with van der Waals surface area (Å²) in [6.07, 6.45) is 0. The highest BCUT2D eigenvalue weighted by molar-refractivity contribution is 9.10. The normalized spacial score (nSPS) is 17.8. The Bertz CT molecular complexity index is 682. The van der Waals surface area contributed by atoms with E-state index in [4.69, 9.17) is 4.74 Å². The monoisotopic (exact) mass is 380 g/mol. The molecule has 0 aromatic heterocycles. The van der Waals surface area contributed by atoms with Gasteiger partial charge in [0.25, 0.3) is 0 Å². The molecule has 1 N–H and O–H groups in total. The van der Waals surface area contributed by atoms with Crippen LogP contribution in [0.15, 0.2) is 40.0 Å². The van der Waals surface area contributed by atoms with Gasteiger partial charge in [0.15, 0.2) is 0 Å². The highest BCUT2D eigenvalue weighted by Gasteiger charge is 2.40. The number of hydrogen-bond acceptors (Lipinski definition) is 4. The first-order chi connectivity index (χ1) is 10.9. The van der Waals surface area contributed by atoms with E-state index in [9.17, 15) is 14.4 Å². The van der Waals surface area contributed by atoms with Gasteiger partial charge in [-0.2, -0.15) is 0 Å². The number of carbonyl (C=O) groups excluding carboxylic acids is 3. The first-order valence-electron chi connectivity index (χ1n) is 7.11. The minimum absolute atomic E-state index is 0.205. The van der Waals surface area contributed by atoms with Gasteiger partial charge in [-0.25, -0.2) is 9.59 Å². The Kier molecular flexibility index (Phi) is 5.20. The van der Waals surface area contributed by atoms with E-state index >= 15 is 0 Å². The second-order valence-corrected chi connectivity index (χ2v) is 5.95. The Morgan fingerprint density at radius 2 is 1.91 bits per heavy atom. The van der Waals surface area contributed by atoms with Crippen LogP contribution in [0.25, 0.3) is 0 Å². The van der Waals surface area contributed by atoms with Crippen LogP contribution in [0.5, 0.6) is 0 Å². The smallest absolute Gasteiger partial charge is 0.338 e. The average Bonchev–Trinajstić information content (AvgIpc) is 2.46. The number of benzene rings is 1. The summed E-state index contributed by atoms with van der Waals surface area (Å²) in [7, 11) is 0. The predicted molar refractivity (Wildman–Crippen MR) is 87.3 cm³/mol. The van der Waals surface area contributed by atoms with E-state index in [1.165, 1.54) is 6.92 Å². The lowest BCUT2D eigenvalue weighted by molar-refractivity contribution is -0.139. The number of ether oxygens (including phenoxy) is 1. The quantitative estimate of drug-likeness (QED) is 0.817. The second-order valence-electron chi connectivity index (χ2n) is 5.03. The summed E-state index contributed by atoms with van der Waals surface area (Å²) in [6.45, 7) is 4.81. The van der Waals surface area contributed by atoms with Gasteiger partial charge in [-0.05, 0) is 31.5 Å². The minimum Gasteiger partial charge on any atom is -0.463 e. The van der Waals surface area contributed by atoms with Crippen LogP contribution in [-0.4, -0.2) is 29.4 Å².